The number of ether oxygens (including phenoxy) is 3. The van der Waals surface area contributed by atoms with Crippen LogP contribution in [0.2, 0.25) is 5.02 Å². The number of rotatable bonds is 7. The Morgan fingerprint density at radius 1 is 0.929 bits per heavy atom. The first-order valence-corrected chi connectivity index (χ1v) is 9.56. The maximum absolute atomic E-state index is 5.95. The number of methoxy groups -OCH3 is 3. The van der Waals surface area contributed by atoms with Crippen LogP contribution >= 0.6 is 11.6 Å². The largest absolute Gasteiger partial charge is 0.493 e. The van der Waals surface area contributed by atoms with Crippen molar-refractivity contribution in [3.63, 3.8) is 0 Å². The first-order valence-electron chi connectivity index (χ1n) is 9.18. The number of halogens is 1. The first-order chi connectivity index (χ1) is 13.6. The van der Waals surface area contributed by atoms with Crippen molar-refractivity contribution >= 4 is 17.8 Å². The molecule has 0 aliphatic carbocycles. The molecule has 1 heterocycles. The number of benzene rings is 2. The van der Waals surface area contributed by atoms with Crippen molar-refractivity contribution in [1.82, 2.24) is 9.91 Å². The minimum Gasteiger partial charge on any atom is -0.493 e. The molecule has 0 saturated carbocycles. The lowest BCUT2D eigenvalue weighted by atomic mass is 10.2. The Labute approximate surface area is 171 Å². The fraction of sp³-hybridized carbons (Fsp3) is 0.381. The van der Waals surface area contributed by atoms with E-state index in [1.807, 2.05) is 30.5 Å². The Balaban J connectivity index is 1.58. The maximum atomic E-state index is 5.95. The predicted octanol–water partition coefficient (Wildman–Crippen LogP) is 3.52. The molecule has 0 aromatic heterocycles. The van der Waals surface area contributed by atoms with Crippen LogP contribution in [0.4, 0.5) is 0 Å². The van der Waals surface area contributed by atoms with Crippen LogP contribution in [0.25, 0.3) is 0 Å². The SMILES string of the molecule is COc1cc(/C=N/N2CCN(Cc3ccc(Cl)cc3)CC2)cc(OC)c1OC. The van der Waals surface area contributed by atoms with Crippen LogP contribution in [0.15, 0.2) is 41.5 Å². The molecule has 1 aliphatic rings. The van der Waals surface area contributed by atoms with Gasteiger partial charge in [-0.2, -0.15) is 5.10 Å². The Kier molecular flexibility index (Phi) is 7.01. The van der Waals surface area contributed by atoms with Crippen molar-refractivity contribution in [3.05, 3.63) is 52.5 Å². The summed E-state index contributed by atoms with van der Waals surface area (Å²) in [6, 6.07) is 11.8. The molecule has 2 aromatic rings. The summed E-state index contributed by atoms with van der Waals surface area (Å²) in [4.78, 5) is 2.43. The van der Waals surface area contributed by atoms with E-state index in [2.05, 4.69) is 27.1 Å². The normalized spacial score (nSPS) is 15.1. The molecule has 6 nitrogen and oxygen atoms in total. The summed E-state index contributed by atoms with van der Waals surface area (Å²) in [5, 5.41) is 7.48. The number of hydrazone groups is 1. The third kappa shape index (κ3) is 5.09. The summed E-state index contributed by atoms with van der Waals surface area (Å²) < 4.78 is 16.1. The van der Waals surface area contributed by atoms with E-state index < -0.39 is 0 Å². The summed E-state index contributed by atoms with van der Waals surface area (Å²) in [5.41, 5.74) is 2.18. The first kappa shape index (κ1) is 20.3. The van der Waals surface area contributed by atoms with Crippen molar-refractivity contribution < 1.29 is 14.2 Å². The Hall–Kier alpha value is -2.44. The molecule has 0 amide bonds. The number of hydrogen-bond acceptors (Lipinski definition) is 6. The molecule has 0 atom stereocenters. The lowest BCUT2D eigenvalue weighted by Crippen LogP contribution is -2.43. The van der Waals surface area contributed by atoms with Crippen LogP contribution < -0.4 is 14.2 Å². The highest BCUT2D eigenvalue weighted by Gasteiger charge is 2.16. The number of nitrogens with zero attached hydrogens (tertiary/aromatic N) is 3. The summed E-state index contributed by atoms with van der Waals surface area (Å²) in [5.74, 6) is 1.82. The van der Waals surface area contributed by atoms with E-state index in [1.165, 1.54) is 5.56 Å². The lowest BCUT2D eigenvalue weighted by molar-refractivity contribution is 0.131. The van der Waals surface area contributed by atoms with Gasteiger partial charge in [0.1, 0.15) is 0 Å². The summed E-state index contributed by atoms with van der Waals surface area (Å²) in [6.45, 7) is 4.63. The van der Waals surface area contributed by atoms with E-state index in [1.54, 1.807) is 21.3 Å². The smallest absolute Gasteiger partial charge is 0.203 e. The van der Waals surface area contributed by atoms with Crippen molar-refractivity contribution in [2.24, 2.45) is 5.10 Å². The van der Waals surface area contributed by atoms with Crippen LogP contribution in [-0.4, -0.2) is 63.6 Å². The van der Waals surface area contributed by atoms with Crippen LogP contribution in [0.5, 0.6) is 17.2 Å². The third-order valence-corrected chi connectivity index (χ3v) is 4.98. The van der Waals surface area contributed by atoms with Gasteiger partial charge in [-0.1, -0.05) is 23.7 Å². The van der Waals surface area contributed by atoms with E-state index in [0.29, 0.717) is 17.2 Å². The minimum absolute atomic E-state index is 0.581. The van der Waals surface area contributed by atoms with Gasteiger partial charge in [0.25, 0.3) is 0 Å². The van der Waals surface area contributed by atoms with E-state index in [4.69, 9.17) is 25.8 Å². The third-order valence-electron chi connectivity index (χ3n) is 4.73. The van der Waals surface area contributed by atoms with Gasteiger partial charge in [0.05, 0.1) is 27.5 Å². The predicted molar refractivity (Wildman–Crippen MR) is 112 cm³/mol. The molecule has 1 saturated heterocycles. The highest BCUT2D eigenvalue weighted by molar-refractivity contribution is 6.30. The zero-order valence-electron chi connectivity index (χ0n) is 16.5. The fourth-order valence-electron chi connectivity index (χ4n) is 3.18. The molecular weight excluding hydrogens is 378 g/mol. The van der Waals surface area contributed by atoms with E-state index in [0.717, 1.165) is 43.3 Å². The molecular formula is C21H26ClN3O3. The van der Waals surface area contributed by atoms with Crippen LogP contribution in [0, 0.1) is 0 Å². The molecule has 2 aromatic carbocycles. The molecule has 3 rings (SSSR count). The van der Waals surface area contributed by atoms with Gasteiger partial charge < -0.3 is 14.2 Å². The van der Waals surface area contributed by atoms with Crippen molar-refractivity contribution in [2.45, 2.75) is 6.54 Å². The van der Waals surface area contributed by atoms with Crippen LogP contribution in [-0.2, 0) is 6.54 Å². The number of hydrogen-bond donors (Lipinski definition) is 0. The molecule has 0 spiro atoms. The van der Waals surface area contributed by atoms with Gasteiger partial charge in [0.2, 0.25) is 5.75 Å². The summed E-state index contributed by atoms with van der Waals surface area (Å²) in [6.07, 6.45) is 1.83. The molecule has 0 N–H and O–H groups in total. The van der Waals surface area contributed by atoms with Gasteiger partial charge >= 0.3 is 0 Å². The molecule has 0 radical (unpaired) electrons. The highest BCUT2D eigenvalue weighted by atomic mass is 35.5. The van der Waals surface area contributed by atoms with Gasteiger partial charge in [0.15, 0.2) is 11.5 Å². The second-order valence-corrected chi connectivity index (χ2v) is 7.00. The van der Waals surface area contributed by atoms with E-state index in [9.17, 15) is 0 Å². The maximum Gasteiger partial charge on any atom is 0.203 e. The highest BCUT2D eigenvalue weighted by Crippen LogP contribution is 2.37. The Morgan fingerprint density at radius 3 is 2.07 bits per heavy atom. The standard InChI is InChI=1S/C21H26ClN3O3/c1-26-19-12-17(13-20(27-2)21(19)28-3)14-23-25-10-8-24(9-11-25)15-16-4-6-18(22)7-5-16/h4-7,12-14H,8-11,15H2,1-3H3/b23-14+. The number of piperazine rings is 1. The molecule has 0 bridgehead atoms. The average Bonchev–Trinajstić information content (AvgIpc) is 2.74. The van der Waals surface area contributed by atoms with E-state index >= 15 is 0 Å². The van der Waals surface area contributed by atoms with Gasteiger partial charge in [0, 0.05) is 43.3 Å². The van der Waals surface area contributed by atoms with Gasteiger partial charge in [-0.3, -0.25) is 9.91 Å². The van der Waals surface area contributed by atoms with Crippen molar-refractivity contribution in [3.8, 4) is 17.2 Å². The van der Waals surface area contributed by atoms with E-state index in [-0.39, 0.29) is 0 Å². The lowest BCUT2D eigenvalue weighted by Gasteiger charge is -2.33. The second-order valence-electron chi connectivity index (χ2n) is 6.56. The molecule has 1 aliphatic heterocycles. The second kappa shape index (κ2) is 9.66. The van der Waals surface area contributed by atoms with Crippen molar-refractivity contribution in [1.29, 1.82) is 0 Å². The summed E-state index contributed by atoms with van der Waals surface area (Å²) in [7, 11) is 4.81. The molecule has 7 heteroatoms. The van der Waals surface area contributed by atoms with Crippen molar-refractivity contribution in [2.75, 3.05) is 47.5 Å². The fourth-order valence-corrected chi connectivity index (χ4v) is 3.31. The monoisotopic (exact) mass is 403 g/mol. The molecule has 150 valence electrons. The van der Waals surface area contributed by atoms with Gasteiger partial charge in [-0.05, 0) is 29.8 Å². The Bertz CT molecular complexity index is 778. The molecule has 1 fully saturated rings. The topological polar surface area (TPSA) is 46.5 Å². The zero-order chi connectivity index (χ0) is 19.9. The molecule has 28 heavy (non-hydrogen) atoms. The van der Waals surface area contributed by atoms with Gasteiger partial charge in [-0.25, -0.2) is 0 Å². The quantitative estimate of drug-likeness (QED) is 0.662. The van der Waals surface area contributed by atoms with Gasteiger partial charge in [-0.15, -0.1) is 0 Å². The Morgan fingerprint density at radius 2 is 1.54 bits per heavy atom. The van der Waals surface area contributed by atoms with Crippen LogP contribution in [0.1, 0.15) is 11.1 Å². The summed E-state index contributed by atoms with van der Waals surface area (Å²) >= 11 is 5.95. The van der Waals surface area contributed by atoms with Crippen LogP contribution in [0.3, 0.4) is 0 Å². The molecule has 0 unspecified atom stereocenters. The average molecular weight is 404 g/mol. The minimum atomic E-state index is 0.581. The zero-order valence-corrected chi connectivity index (χ0v) is 17.3.